The number of hydrogen-bond donors (Lipinski definition) is 0. The van der Waals surface area contributed by atoms with Crippen molar-refractivity contribution in [2.45, 2.75) is 0 Å². The van der Waals surface area contributed by atoms with Gasteiger partial charge in [0.25, 0.3) is 0 Å². The van der Waals surface area contributed by atoms with Crippen molar-refractivity contribution < 1.29 is 19.1 Å². The molecular formula is C8H4O4. The predicted molar refractivity (Wildman–Crippen MR) is 38.2 cm³/mol. The molecule has 0 aliphatic carbocycles. The Morgan fingerprint density at radius 2 is 1.83 bits per heavy atom. The van der Waals surface area contributed by atoms with Crippen molar-refractivity contribution in [2.75, 3.05) is 0 Å². The summed E-state index contributed by atoms with van der Waals surface area (Å²) in [5, 5.41) is 0. The average Bonchev–Trinajstić information content (AvgIpc) is 2.04. The Labute approximate surface area is 67.8 Å². The molecule has 4 heteroatoms. The molecule has 1 fully saturated rings. The number of rotatable bonds is 2. The monoisotopic (exact) mass is 164 g/mol. The molecule has 60 valence electrons. The Morgan fingerprint density at radius 1 is 1.33 bits per heavy atom. The van der Waals surface area contributed by atoms with Gasteiger partial charge in [0.2, 0.25) is 0 Å². The molecule has 0 aromatic carbocycles. The smallest absolute Gasteiger partial charge is 0.334 e. The van der Waals surface area contributed by atoms with E-state index >= 15 is 0 Å². The molecule has 1 rings (SSSR count). The maximum atomic E-state index is 10.8. The van der Waals surface area contributed by atoms with Crippen molar-refractivity contribution >= 4 is 17.9 Å². The molecule has 1 saturated heterocycles. The zero-order valence-corrected chi connectivity index (χ0v) is 5.99. The summed E-state index contributed by atoms with van der Waals surface area (Å²) < 4.78 is 4.41. The van der Waals surface area contributed by atoms with Crippen LogP contribution in [0.5, 0.6) is 0 Å². The third-order valence-electron chi connectivity index (χ3n) is 1.59. The summed E-state index contributed by atoms with van der Waals surface area (Å²) in [6, 6.07) is 0. The maximum absolute atomic E-state index is 10.8. The Morgan fingerprint density at radius 3 is 2.08 bits per heavy atom. The third kappa shape index (κ3) is 0.839. The molecule has 0 bridgehead atoms. The van der Waals surface area contributed by atoms with Crippen LogP contribution in [0.25, 0.3) is 0 Å². The van der Waals surface area contributed by atoms with E-state index in [0.717, 1.165) is 12.2 Å². The summed E-state index contributed by atoms with van der Waals surface area (Å²) in [5.74, 6) is 2.15. The van der Waals surface area contributed by atoms with Crippen molar-refractivity contribution in [3.63, 3.8) is 0 Å². The van der Waals surface area contributed by atoms with E-state index in [4.69, 9.17) is 0 Å². The van der Waals surface area contributed by atoms with Gasteiger partial charge in [-0.2, -0.15) is 0 Å². The standard InChI is InChI=1S/C8H4O4/c1-6-8(2-4-9,3-5-10)7(11)12-6/h2-3H,1H2. The van der Waals surface area contributed by atoms with Gasteiger partial charge in [-0.05, 0) is 0 Å². The predicted octanol–water partition coefficient (Wildman–Crippen LogP) is -0.181. The molecule has 0 aromatic rings. The van der Waals surface area contributed by atoms with Crippen molar-refractivity contribution in [3.05, 3.63) is 24.5 Å². The van der Waals surface area contributed by atoms with Crippen molar-refractivity contribution in [1.82, 2.24) is 0 Å². The fraction of sp³-hybridized carbons (Fsp3) is 0.125. The van der Waals surface area contributed by atoms with E-state index in [9.17, 15) is 14.4 Å². The van der Waals surface area contributed by atoms with Crippen LogP contribution < -0.4 is 0 Å². The van der Waals surface area contributed by atoms with Gasteiger partial charge in [-0.25, -0.2) is 14.4 Å². The minimum atomic E-state index is -1.41. The van der Waals surface area contributed by atoms with Crippen LogP contribution in [0.3, 0.4) is 0 Å². The summed E-state index contributed by atoms with van der Waals surface area (Å²) in [6.45, 7) is 3.34. The quantitative estimate of drug-likeness (QED) is 0.419. The van der Waals surface area contributed by atoms with Gasteiger partial charge in [-0.3, -0.25) is 0 Å². The minimum absolute atomic E-state index is 0.0409. The van der Waals surface area contributed by atoms with Crippen molar-refractivity contribution in [2.24, 2.45) is 5.41 Å². The van der Waals surface area contributed by atoms with Crippen LogP contribution in [0.4, 0.5) is 0 Å². The van der Waals surface area contributed by atoms with Gasteiger partial charge in [-0.1, -0.05) is 6.58 Å². The van der Waals surface area contributed by atoms with E-state index in [1.165, 1.54) is 11.9 Å². The molecule has 0 radical (unpaired) electrons. The Balaban J connectivity index is 3.18. The summed E-state index contributed by atoms with van der Waals surface area (Å²) in [7, 11) is 0. The topological polar surface area (TPSA) is 60.4 Å². The lowest BCUT2D eigenvalue weighted by atomic mass is 9.82. The Hall–Kier alpha value is -1.89. The molecule has 0 aromatic heterocycles. The summed E-state index contributed by atoms with van der Waals surface area (Å²) in [5.41, 5.74) is -1.41. The molecular weight excluding hydrogens is 160 g/mol. The highest BCUT2D eigenvalue weighted by Gasteiger charge is 2.51. The highest BCUT2D eigenvalue weighted by molar-refractivity contribution is 5.95. The first-order valence-electron chi connectivity index (χ1n) is 3.03. The number of esters is 1. The van der Waals surface area contributed by atoms with E-state index in [1.807, 2.05) is 0 Å². The molecule has 1 aliphatic heterocycles. The van der Waals surface area contributed by atoms with E-state index in [1.54, 1.807) is 0 Å². The van der Waals surface area contributed by atoms with Gasteiger partial charge >= 0.3 is 5.97 Å². The molecule has 0 saturated carbocycles. The summed E-state index contributed by atoms with van der Waals surface area (Å²) in [4.78, 5) is 30.8. The molecule has 0 N–H and O–H groups in total. The molecule has 1 heterocycles. The molecule has 4 nitrogen and oxygen atoms in total. The second kappa shape index (κ2) is 2.62. The number of ether oxygens (including phenoxy) is 1. The van der Waals surface area contributed by atoms with Gasteiger partial charge in [0, 0.05) is 12.2 Å². The van der Waals surface area contributed by atoms with Crippen molar-refractivity contribution in [3.8, 4) is 0 Å². The molecule has 12 heavy (non-hydrogen) atoms. The highest BCUT2D eigenvalue weighted by atomic mass is 16.6. The number of carbonyl (C=O) groups excluding carboxylic acids is 3. The molecule has 0 unspecified atom stereocenters. The first-order valence-corrected chi connectivity index (χ1v) is 3.03. The van der Waals surface area contributed by atoms with Crippen LogP contribution in [0.1, 0.15) is 0 Å². The largest absolute Gasteiger partial charge is 0.428 e. The zero-order chi connectivity index (χ0) is 9.19. The zero-order valence-electron chi connectivity index (χ0n) is 5.99. The van der Waals surface area contributed by atoms with Gasteiger partial charge in [-0.15, -0.1) is 0 Å². The SMILES string of the molecule is C=C1OC(=O)C1(C=C=O)C=C=O. The van der Waals surface area contributed by atoms with Crippen LogP contribution in [-0.4, -0.2) is 17.9 Å². The van der Waals surface area contributed by atoms with Crippen molar-refractivity contribution in [1.29, 1.82) is 0 Å². The highest BCUT2D eigenvalue weighted by Crippen LogP contribution is 2.40. The van der Waals surface area contributed by atoms with E-state index in [-0.39, 0.29) is 5.76 Å². The van der Waals surface area contributed by atoms with Gasteiger partial charge in [0.1, 0.15) is 17.6 Å². The van der Waals surface area contributed by atoms with Crippen LogP contribution >= 0.6 is 0 Å². The Kier molecular flexibility index (Phi) is 1.80. The minimum Gasteiger partial charge on any atom is -0.428 e. The second-order valence-corrected chi connectivity index (χ2v) is 2.21. The first kappa shape index (κ1) is 8.21. The average molecular weight is 164 g/mol. The maximum Gasteiger partial charge on any atom is 0.334 e. The number of hydrogen-bond acceptors (Lipinski definition) is 4. The number of carbonyl (C=O) groups is 1. The molecule has 0 atom stereocenters. The fourth-order valence-electron chi connectivity index (χ4n) is 0.855. The lowest BCUT2D eigenvalue weighted by molar-refractivity contribution is -0.159. The summed E-state index contributed by atoms with van der Waals surface area (Å²) in [6.07, 6.45) is 1.76. The van der Waals surface area contributed by atoms with E-state index < -0.39 is 11.4 Å². The molecule has 1 aliphatic rings. The van der Waals surface area contributed by atoms with Crippen LogP contribution in [0.2, 0.25) is 0 Å². The number of cyclic esters (lactones) is 1. The fourth-order valence-corrected chi connectivity index (χ4v) is 0.855. The third-order valence-corrected chi connectivity index (χ3v) is 1.59. The molecule has 0 amide bonds. The lowest BCUT2D eigenvalue weighted by Gasteiger charge is -2.33. The van der Waals surface area contributed by atoms with E-state index in [2.05, 4.69) is 11.3 Å². The van der Waals surface area contributed by atoms with Gasteiger partial charge < -0.3 is 4.74 Å². The Bertz CT molecular complexity index is 299. The van der Waals surface area contributed by atoms with Crippen LogP contribution in [0.15, 0.2) is 24.5 Å². The normalized spacial score (nSPS) is 26.0. The first-order chi connectivity index (χ1) is 5.67. The van der Waals surface area contributed by atoms with Gasteiger partial charge in [0.05, 0.1) is 0 Å². The molecule has 0 spiro atoms. The van der Waals surface area contributed by atoms with Crippen LogP contribution in [0, 0.1) is 5.41 Å². The van der Waals surface area contributed by atoms with Gasteiger partial charge in [0.15, 0.2) is 5.41 Å². The van der Waals surface area contributed by atoms with E-state index in [0.29, 0.717) is 0 Å². The lowest BCUT2D eigenvalue weighted by Crippen LogP contribution is -2.42. The second-order valence-electron chi connectivity index (χ2n) is 2.21. The summed E-state index contributed by atoms with van der Waals surface area (Å²) >= 11 is 0. The van der Waals surface area contributed by atoms with Crippen LogP contribution in [-0.2, 0) is 19.1 Å².